The monoisotopic (exact) mass is 918 g/mol. The van der Waals surface area contributed by atoms with Gasteiger partial charge in [0.25, 0.3) is 0 Å². The van der Waals surface area contributed by atoms with Gasteiger partial charge in [-0.05, 0) is 141 Å². The molecule has 12 aromatic carbocycles. The van der Waals surface area contributed by atoms with Gasteiger partial charge in [-0.15, -0.1) is 0 Å². The van der Waals surface area contributed by atoms with Crippen molar-refractivity contribution in [3.8, 4) is 56.6 Å². The first-order valence-corrected chi connectivity index (χ1v) is 24.3. The van der Waals surface area contributed by atoms with Crippen molar-refractivity contribution in [3.05, 3.63) is 265 Å². The van der Waals surface area contributed by atoms with Gasteiger partial charge >= 0.3 is 0 Å². The second-order valence-electron chi connectivity index (χ2n) is 18.4. The number of rotatable bonds is 10. The zero-order valence-electron chi connectivity index (χ0n) is 39.9. The van der Waals surface area contributed by atoms with Crippen LogP contribution in [-0.2, 0) is 0 Å². The topological polar surface area (TPSA) is 54.1 Å². The smallest absolute Gasteiger partial charge is 0.0998 e. The van der Waals surface area contributed by atoms with Crippen LogP contribution in [0.15, 0.2) is 243 Å². The summed E-state index contributed by atoms with van der Waals surface area (Å²) in [7, 11) is 0. The molecule has 12 rings (SSSR count). The summed E-state index contributed by atoms with van der Waals surface area (Å²) in [5.41, 5.74) is 17.8. The Morgan fingerprint density at radius 3 is 1.04 bits per heavy atom. The second-order valence-corrected chi connectivity index (χ2v) is 18.4. The Bertz CT molecular complexity index is 3810. The van der Waals surface area contributed by atoms with E-state index in [4.69, 9.17) is 0 Å². The number of benzene rings is 12. The van der Waals surface area contributed by atoms with E-state index in [1.54, 1.807) is 0 Å². The van der Waals surface area contributed by atoms with Crippen molar-refractivity contribution in [2.24, 2.45) is 0 Å². The maximum atomic E-state index is 10.4. The summed E-state index contributed by atoms with van der Waals surface area (Å²) in [5, 5.41) is 27.7. The molecule has 0 bridgehead atoms. The highest BCUT2D eigenvalue weighted by atomic mass is 15.2. The van der Waals surface area contributed by atoms with E-state index < -0.39 is 0 Å². The molecule has 0 saturated heterocycles. The van der Waals surface area contributed by atoms with Crippen LogP contribution in [0.2, 0.25) is 0 Å². The third-order valence-electron chi connectivity index (χ3n) is 14.1. The Hall–Kier alpha value is -9.74. The number of nitriles is 2. The Labute approximate surface area is 420 Å². The lowest BCUT2D eigenvalue weighted by Crippen LogP contribution is -2.13. The summed E-state index contributed by atoms with van der Waals surface area (Å²) in [6.45, 7) is 4.35. The largest absolute Gasteiger partial charge is 0.310 e. The average molecular weight is 919 g/mol. The van der Waals surface area contributed by atoms with Crippen LogP contribution < -0.4 is 9.80 Å². The molecule has 0 aromatic heterocycles. The Morgan fingerprint density at radius 1 is 0.306 bits per heavy atom. The minimum absolute atomic E-state index is 0.620. The van der Waals surface area contributed by atoms with E-state index in [0.29, 0.717) is 11.1 Å². The molecule has 338 valence electrons. The Balaban J connectivity index is 1.12. The fraction of sp³-hybridized carbons (Fsp3) is 0.0294. The van der Waals surface area contributed by atoms with Crippen molar-refractivity contribution in [2.75, 3.05) is 9.80 Å². The van der Waals surface area contributed by atoms with Gasteiger partial charge in [0.15, 0.2) is 0 Å². The molecule has 4 nitrogen and oxygen atoms in total. The molecule has 12 aromatic rings. The third kappa shape index (κ3) is 7.66. The summed E-state index contributed by atoms with van der Waals surface area (Å²) in [5.74, 6) is 0. The van der Waals surface area contributed by atoms with Gasteiger partial charge in [0.05, 0.1) is 34.6 Å². The molecule has 0 heterocycles. The first-order valence-electron chi connectivity index (χ1n) is 24.3. The molecule has 0 aliphatic heterocycles. The van der Waals surface area contributed by atoms with Crippen molar-refractivity contribution in [1.29, 1.82) is 10.5 Å². The molecule has 0 aliphatic carbocycles. The van der Waals surface area contributed by atoms with Gasteiger partial charge in [-0.3, -0.25) is 0 Å². The molecule has 4 heteroatoms. The molecule has 0 saturated carbocycles. The maximum Gasteiger partial charge on any atom is 0.0998 e. The zero-order valence-corrected chi connectivity index (χ0v) is 39.9. The predicted octanol–water partition coefficient (Wildman–Crippen LogP) is 18.6. The van der Waals surface area contributed by atoms with E-state index >= 15 is 0 Å². The van der Waals surface area contributed by atoms with E-state index in [0.717, 1.165) is 111 Å². The number of hydrogen-bond donors (Lipinski definition) is 0. The van der Waals surface area contributed by atoms with Crippen molar-refractivity contribution in [2.45, 2.75) is 13.8 Å². The average Bonchev–Trinajstić information content (AvgIpc) is 3.45. The molecule has 0 amide bonds. The van der Waals surface area contributed by atoms with Crippen molar-refractivity contribution in [1.82, 2.24) is 0 Å². The normalized spacial score (nSPS) is 11.2. The molecule has 0 atom stereocenters. The molecule has 0 unspecified atom stereocenters. The molecule has 0 radical (unpaired) electrons. The van der Waals surface area contributed by atoms with Crippen LogP contribution in [0.1, 0.15) is 22.3 Å². The standard InChI is InChI=1S/C68H46N4/c1-45-23-25-53(47-15-7-3-8-16-47)39-65(45)71(57-33-27-55(43-69)61(41-57)49-19-11-5-12-20-49)63-37-31-51-30-36-60-64(38-32-52-29-35-59(63)67(51)68(52)60)72(66-40-54(26-24-46(66)2)48-17-9-4-10-18-48)58-34-28-56(44-70)62(42-58)50-21-13-6-14-22-50/h3-42H,1-2H3. The first-order chi connectivity index (χ1) is 35.4. The van der Waals surface area contributed by atoms with Crippen LogP contribution in [0.5, 0.6) is 0 Å². The highest BCUT2D eigenvalue weighted by Gasteiger charge is 2.25. The molecule has 72 heavy (non-hydrogen) atoms. The summed E-state index contributed by atoms with van der Waals surface area (Å²) in [6.07, 6.45) is 0. The fourth-order valence-electron chi connectivity index (χ4n) is 10.5. The van der Waals surface area contributed by atoms with Crippen LogP contribution in [0.4, 0.5) is 34.1 Å². The lowest BCUT2D eigenvalue weighted by atomic mass is 9.91. The van der Waals surface area contributed by atoms with Gasteiger partial charge in [-0.25, -0.2) is 0 Å². The van der Waals surface area contributed by atoms with E-state index in [1.807, 2.05) is 48.5 Å². The van der Waals surface area contributed by atoms with Crippen molar-refractivity contribution >= 4 is 66.4 Å². The van der Waals surface area contributed by atoms with Crippen LogP contribution >= 0.6 is 0 Å². The molecule has 0 spiro atoms. The van der Waals surface area contributed by atoms with Gasteiger partial charge in [0.1, 0.15) is 0 Å². The van der Waals surface area contributed by atoms with E-state index in [-0.39, 0.29) is 0 Å². The third-order valence-corrected chi connectivity index (χ3v) is 14.1. The predicted molar refractivity (Wildman–Crippen MR) is 300 cm³/mol. The van der Waals surface area contributed by atoms with Gasteiger partial charge in [-0.1, -0.05) is 182 Å². The van der Waals surface area contributed by atoms with Crippen molar-refractivity contribution < 1.29 is 0 Å². The van der Waals surface area contributed by atoms with Gasteiger partial charge in [0.2, 0.25) is 0 Å². The molecular formula is C68H46N4. The van der Waals surface area contributed by atoms with E-state index in [1.165, 1.54) is 10.8 Å². The van der Waals surface area contributed by atoms with E-state index in [2.05, 4.69) is 230 Å². The SMILES string of the molecule is Cc1ccc(-c2ccccc2)cc1N(c1ccc(C#N)c(-c2ccccc2)c1)c1ccc2ccc3c(N(c4ccc(C#N)c(-c5ccccc5)c4)c4cc(-c5ccccc5)ccc4C)ccc4ccc1c2c43. The van der Waals surface area contributed by atoms with Gasteiger partial charge in [0, 0.05) is 44.6 Å². The second kappa shape index (κ2) is 18.3. The molecular weight excluding hydrogens is 873 g/mol. The summed E-state index contributed by atoms with van der Waals surface area (Å²) < 4.78 is 0. The minimum atomic E-state index is 0.620. The quantitative estimate of drug-likeness (QED) is 0.128. The number of nitrogens with zero attached hydrogens (tertiary/aromatic N) is 4. The summed E-state index contributed by atoms with van der Waals surface area (Å²) >= 11 is 0. The van der Waals surface area contributed by atoms with Crippen LogP contribution in [0, 0.1) is 36.5 Å². The Kier molecular flexibility index (Phi) is 11.1. The molecule has 0 fully saturated rings. The summed E-state index contributed by atoms with van der Waals surface area (Å²) in [4.78, 5) is 4.77. The zero-order chi connectivity index (χ0) is 48.7. The molecule has 0 aliphatic rings. The van der Waals surface area contributed by atoms with Crippen LogP contribution in [-0.4, -0.2) is 0 Å². The lowest BCUT2D eigenvalue weighted by Gasteiger charge is -2.31. The Morgan fingerprint density at radius 2 is 0.667 bits per heavy atom. The lowest BCUT2D eigenvalue weighted by molar-refractivity contribution is 1.26. The fourth-order valence-corrected chi connectivity index (χ4v) is 10.5. The van der Waals surface area contributed by atoms with E-state index in [9.17, 15) is 10.5 Å². The highest BCUT2D eigenvalue weighted by molar-refractivity contribution is 6.28. The number of hydrogen-bond acceptors (Lipinski definition) is 4. The highest BCUT2D eigenvalue weighted by Crippen LogP contribution is 2.50. The number of aryl methyl sites for hydroxylation is 2. The van der Waals surface area contributed by atoms with Gasteiger partial charge in [-0.2, -0.15) is 10.5 Å². The first kappa shape index (κ1) is 43.5. The van der Waals surface area contributed by atoms with Crippen LogP contribution in [0.25, 0.3) is 76.8 Å². The van der Waals surface area contributed by atoms with Crippen molar-refractivity contribution in [3.63, 3.8) is 0 Å². The molecule has 0 N–H and O–H groups in total. The van der Waals surface area contributed by atoms with Crippen LogP contribution in [0.3, 0.4) is 0 Å². The minimum Gasteiger partial charge on any atom is -0.310 e. The van der Waals surface area contributed by atoms with Gasteiger partial charge < -0.3 is 9.80 Å². The number of anilines is 6. The summed E-state index contributed by atoms with van der Waals surface area (Å²) in [6, 6.07) is 90.4. The maximum absolute atomic E-state index is 10.4.